The molecule has 2 aliphatic rings. The van der Waals surface area contributed by atoms with Gasteiger partial charge in [-0.15, -0.1) is 0 Å². The van der Waals surface area contributed by atoms with E-state index in [1.165, 1.54) is 54.8 Å². The van der Waals surface area contributed by atoms with E-state index in [-0.39, 0.29) is 10.8 Å². The summed E-state index contributed by atoms with van der Waals surface area (Å²) in [5, 5.41) is 0. The van der Waals surface area contributed by atoms with Crippen molar-refractivity contribution in [3.8, 4) is 11.5 Å². The summed E-state index contributed by atoms with van der Waals surface area (Å²) >= 11 is 0. The van der Waals surface area contributed by atoms with Crippen molar-refractivity contribution in [1.29, 1.82) is 0 Å². The SMILES string of the molecule is COc1ccc(S(=O)(=O)N2CCN(C(=O)C[NH+]3CCCC[C@H]3C)CC2)cc1OC. The van der Waals surface area contributed by atoms with Gasteiger partial charge in [-0.25, -0.2) is 8.42 Å². The third kappa shape index (κ3) is 4.84. The molecule has 29 heavy (non-hydrogen) atoms. The number of carbonyl (C=O) groups excluding carboxylic acids is 1. The Bertz CT molecular complexity index is 821. The minimum atomic E-state index is -3.65. The van der Waals surface area contributed by atoms with Crippen LogP contribution >= 0.6 is 0 Å². The molecule has 1 N–H and O–H groups in total. The van der Waals surface area contributed by atoms with Crippen molar-refractivity contribution in [3.05, 3.63) is 18.2 Å². The second kappa shape index (κ2) is 9.32. The van der Waals surface area contributed by atoms with E-state index >= 15 is 0 Å². The summed E-state index contributed by atoms with van der Waals surface area (Å²) in [5.74, 6) is 0.981. The van der Waals surface area contributed by atoms with Crippen molar-refractivity contribution in [2.24, 2.45) is 0 Å². The lowest BCUT2D eigenvalue weighted by atomic mass is 10.0. The quantitative estimate of drug-likeness (QED) is 0.692. The number of piperidine rings is 1. The highest BCUT2D eigenvalue weighted by atomic mass is 32.2. The van der Waals surface area contributed by atoms with E-state index in [9.17, 15) is 13.2 Å². The first-order valence-electron chi connectivity index (χ1n) is 10.2. The molecule has 0 bridgehead atoms. The molecule has 2 aliphatic heterocycles. The number of quaternary nitrogens is 1. The molecule has 2 heterocycles. The van der Waals surface area contributed by atoms with Gasteiger partial charge in [0.25, 0.3) is 5.91 Å². The number of amides is 1. The molecule has 0 spiro atoms. The lowest BCUT2D eigenvalue weighted by molar-refractivity contribution is -0.921. The zero-order chi connectivity index (χ0) is 21.0. The smallest absolute Gasteiger partial charge is 0.277 e. The third-order valence-electron chi connectivity index (χ3n) is 6.04. The van der Waals surface area contributed by atoms with E-state index in [0.717, 1.165) is 6.54 Å². The zero-order valence-corrected chi connectivity index (χ0v) is 18.3. The summed E-state index contributed by atoms with van der Waals surface area (Å²) in [6.07, 6.45) is 3.58. The Morgan fingerprint density at radius 2 is 1.79 bits per heavy atom. The van der Waals surface area contributed by atoms with E-state index < -0.39 is 10.0 Å². The highest BCUT2D eigenvalue weighted by Gasteiger charge is 2.33. The molecule has 1 aromatic rings. The number of carbonyl (C=O) groups is 1. The van der Waals surface area contributed by atoms with Gasteiger partial charge in [-0.3, -0.25) is 4.79 Å². The molecule has 0 aliphatic carbocycles. The van der Waals surface area contributed by atoms with Crippen molar-refractivity contribution in [2.45, 2.75) is 37.1 Å². The van der Waals surface area contributed by atoms with E-state index in [2.05, 4.69) is 6.92 Å². The zero-order valence-electron chi connectivity index (χ0n) is 17.5. The number of ether oxygens (including phenoxy) is 2. The molecule has 0 aromatic heterocycles. The van der Waals surface area contributed by atoms with Crippen LogP contribution in [0.2, 0.25) is 0 Å². The van der Waals surface area contributed by atoms with Crippen LogP contribution in [0.3, 0.4) is 0 Å². The first-order valence-corrected chi connectivity index (χ1v) is 11.7. The van der Waals surface area contributed by atoms with Crippen LogP contribution < -0.4 is 14.4 Å². The number of methoxy groups -OCH3 is 2. The molecule has 162 valence electrons. The summed E-state index contributed by atoms with van der Waals surface area (Å²) in [4.78, 5) is 16.0. The molecule has 1 amide bonds. The third-order valence-corrected chi connectivity index (χ3v) is 7.94. The maximum absolute atomic E-state index is 13.0. The highest BCUT2D eigenvalue weighted by molar-refractivity contribution is 7.89. The lowest BCUT2D eigenvalue weighted by Gasteiger charge is -2.36. The van der Waals surface area contributed by atoms with Gasteiger partial charge in [-0.1, -0.05) is 0 Å². The number of nitrogens with zero attached hydrogens (tertiary/aromatic N) is 2. The largest absolute Gasteiger partial charge is 0.493 e. The summed E-state index contributed by atoms with van der Waals surface area (Å²) in [6, 6.07) is 5.11. The Labute approximate surface area is 173 Å². The topological polar surface area (TPSA) is 80.6 Å². The van der Waals surface area contributed by atoms with Gasteiger partial charge >= 0.3 is 0 Å². The van der Waals surface area contributed by atoms with Gasteiger partial charge in [-0.05, 0) is 38.3 Å². The van der Waals surface area contributed by atoms with Crippen LogP contribution in [-0.2, 0) is 14.8 Å². The van der Waals surface area contributed by atoms with Crippen molar-refractivity contribution in [1.82, 2.24) is 9.21 Å². The molecular formula is C20H32N3O5S+. The predicted octanol–water partition coefficient (Wildman–Crippen LogP) is -0.00600. The number of sulfonamides is 1. The number of rotatable bonds is 6. The van der Waals surface area contributed by atoms with Crippen LogP contribution in [0.15, 0.2) is 23.1 Å². The predicted molar refractivity (Wildman–Crippen MR) is 109 cm³/mol. The normalized spacial score (nSPS) is 23.6. The number of nitrogens with one attached hydrogen (secondary N) is 1. The summed E-state index contributed by atoms with van der Waals surface area (Å²) < 4.78 is 37.9. The van der Waals surface area contributed by atoms with E-state index in [1.54, 1.807) is 11.0 Å². The Morgan fingerprint density at radius 3 is 2.41 bits per heavy atom. The number of benzene rings is 1. The van der Waals surface area contributed by atoms with Crippen LogP contribution in [0, 0.1) is 0 Å². The van der Waals surface area contributed by atoms with Gasteiger partial charge in [0.1, 0.15) is 0 Å². The van der Waals surface area contributed by atoms with Crippen LogP contribution in [-0.4, -0.2) is 83.1 Å². The second-order valence-corrected chi connectivity index (χ2v) is 9.72. The minimum absolute atomic E-state index is 0.122. The molecule has 0 saturated carbocycles. The van der Waals surface area contributed by atoms with Gasteiger partial charge in [0.15, 0.2) is 18.0 Å². The molecule has 0 radical (unpaired) electrons. The summed E-state index contributed by atoms with van der Waals surface area (Å²) in [6.45, 7) is 5.19. The van der Waals surface area contributed by atoms with Crippen molar-refractivity contribution < 1.29 is 27.6 Å². The van der Waals surface area contributed by atoms with Crippen molar-refractivity contribution in [2.75, 3.05) is 53.5 Å². The Kier molecular flexibility index (Phi) is 7.02. The number of hydrogen-bond donors (Lipinski definition) is 1. The average Bonchev–Trinajstić information content (AvgIpc) is 2.74. The summed E-state index contributed by atoms with van der Waals surface area (Å²) in [7, 11) is -0.666. The van der Waals surface area contributed by atoms with Gasteiger partial charge in [0, 0.05) is 32.2 Å². The second-order valence-electron chi connectivity index (χ2n) is 7.78. The fraction of sp³-hybridized carbons (Fsp3) is 0.650. The minimum Gasteiger partial charge on any atom is -0.493 e. The Balaban J connectivity index is 1.61. The highest BCUT2D eigenvalue weighted by Crippen LogP contribution is 2.30. The maximum Gasteiger partial charge on any atom is 0.277 e. The molecular weight excluding hydrogens is 394 g/mol. The number of hydrogen-bond acceptors (Lipinski definition) is 5. The van der Waals surface area contributed by atoms with E-state index in [1.807, 2.05) is 0 Å². The Hall–Kier alpha value is -1.84. The maximum atomic E-state index is 13.0. The van der Waals surface area contributed by atoms with E-state index in [4.69, 9.17) is 9.47 Å². The fourth-order valence-electron chi connectivity index (χ4n) is 4.13. The monoisotopic (exact) mass is 426 g/mol. The average molecular weight is 427 g/mol. The molecule has 2 saturated heterocycles. The molecule has 1 unspecified atom stereocenters. The standard InChI is InChI=1S/C20H31N3O5S/c1-16-6-4-5-9-22(16)15-20(24)21-10-12-23(13-11-21)29(25,26)17-7-8-18(27-2)19(14-17)28-3/h7-8,14,16H,4-6,9-13,15H2,1-3H3/p+1/t16-/m1/s1. The van der Waals surface area contributed by atoms with Crippen molar-refractivity contribution in [3.63, 3.8) is 0 Å². The molecule has 3 rings (SSSR count). The molecule has 2 atom stereocenters. The molecule has 9 heteroatoms. The van der Waals surface area contributed by atoms with Crippen LogP contribution in [0.1, 0.15) is 26.2 Å². The Morgan fingerprint density at radius 1 is 1.10 bits per heavy atom. The molecule has 1 aromatic carbocycles. The lowest BCUT2D eigenvalue weighted by Crippen LogP contribution is -3.17. The molecule has 2 fully saturated rings. The fourth-order valence-corrected chi connectivity index (χ4v) is 5.56. The van der Waals surface area contributed by atoms with Crippen LogP contribution in [0.5, 0.6) is 11.5 Å². The van der Waals surface area contributed by atoms with Crippen LogP contribution in [0.25, 0.3) is 0 Å². The first kappa shape index (κ1) is 21.9. The van der Waals surface area contributed by atoms with Crippen molar-refractivity contribution >= 4 is 15.9 Å². The molecule has 8 nitrogen and oxygen atoms in total. The van der Waals surface area contributed by atoms with E-state index in [0.29, 0.717) is 50.3 Å². The van der Waals surface area contributed by atoms with Gasteiger partial charge in [0.05, 0.1) is 31.7 Å². The number of piperazine rings is 1. The van der Waals surface area contributed by atoms with Crippen LogP contribution in [0.4, 0.5) is 0 Å². The van der Waals surface area contributed by atoms with Gasteiger partial charge in [0.2, 0.25) is 10.0 Å². The van der Waals surface area contributed by atoms with Gasteiger partial charge < -0.3 is 19.3 Å². The number of likely N-dealkylation sites (tertiary alicyclic amines) is 1. The first-order chi connectivity index (χ1) is 13.9. The summed E-state index contributed by atoms with van der Waals surface area (Å²) in [5.41, 5.74) is 0. The van der Waals surface area contributed by atoms with Gasteiger partial charge in [-0.2, -0.15) is 4.31 Å².